The summed E-state index contributed by atoms with van der Waals surface area (Å²) in [6.45, 7) is 0.614. The molecule has 0 bridgehead atoms. The van der Waals surface area contributed by atoms with Crippen molar-refractivity contribution >= 4 is 11.6 Å². The molecule has 18 heavy (non-hydrogen) atoms. The van der Waals surface area contributed by atoms with Gasteiger partial charge in [0.05, 0.1) is 11.6 Å². The van der Waals surface area contributed by atoms with E-state index >= 15 is 0 Å². The van der Waals surface area contributed by atoms with Crippen LogP contribution in [0, 0.1) is 11.3 Å². The number of hydrogen-bond acceptors (Lipinski definition) is 3. The van der Waals surface area contributed by atoms with E-state index in [0.717, 1.165) is 0 Å². The van der Waals surface area contributed by atoms with Crippen LogP contribution < -0.4 is 5.32 Å². The minimum atomic E-state index is -2.60. The predicted molar refractivity (Wildman–Crippen MR) is 61.2 cm³/mol. The van der Waals surface area contributed by atoms with Crippen molar-refractivity contribution in [2.45, 2.75) is 19.5 Å². The van der Waals surface area contributed by atoms with Crippen molar-refractivity contribution in [2.24, 2.45) is 0 Å². The molecule has 1 aromatic rings. The summed E-state index contributed by atoms with van der Waals surface area (Å²) < 4.78 is 28.4. The molecular formula is C12H12F2N2O2. The number of halogens is 2. The van der Waals surface area contributed by atoms with Crippen LogP contribution in [0.2, 0.25) is 0 Å². The third-order valence-electron chi connectivity index (χ3n) is 2.12. The van der Waals surface area contributed by atoms with E-state index in [0.29, 0.717) is 11.3 Å². The first-order valence-electron chi connectivity index (χ1n) is 5.23. The molecule has 1 atom stereocenters. The Morgan fingerprint density at radius 1 is 1.44 bits per heavy atom. The fourth-order valence-electron chi connectivity index (χ4n) is 1.16. The minimum absolute atomic E-state index is 0.468. The number of carbonyl (C=O) groups excluding carboxylic acids is 1. The topological polar surface area (TPSA) is 62.1 Å². The highest BCUT2D eigenvalue weighted by molar-refractivity contribution is 5.93. The van der Waals surface area contributed by atoms with Crippen LogP contribution in [0.25, 0.3) is 0 Å². The number of benzene rings is 1. The molecule has 0 aliphatic rings. The first-order valence-corrected chi connectivity index (χ1v) is 5.23. The average molecular weight is 254 g/mol. The van der Waals surface area contributed by atoms with Crippen LogP contribution in [0.5, 0.6) is 0 Å². The van der Waals surface area contributed by atoms with Gasteiger partial charge in [0, 0.05) is 5.69 Å². The van der Waals surface area contributed by atoms with E-state index in [-0.39, 0.29) is 0 Å². The molecule has 1 aromatic carbocycles. The normalized spacial score (nSPS) is 11.9. The number of nitriles is 1. The van der Waals surface area contributed by atoms with E-state index in [2.05, 4.69) is 10.1 Å². The van der Waals surface area contributed by atoms with Crippen molar-refractivity contribution in [1.29, 1.82) is 5.26 Å². The van der Waals surface area contributed by atoms with Gasteiger partial charge in [-0.25, -0.2) is 8.78 Å². The fraction of sp³-hybridized carbons (Fsp3) is 0.333. The maximum atomic E-state index is 11.9. The summed E-state index contributed by atoms with van der Waals surface area (Å²) in [5.41, 5.74) is 0.946. The molecule has 0 heterocycles. The molecule has 96 valence electrons. The molecule has 1 rings (SSSR count). The molecule has 0 saturated carbocycles. The summed E-state index contributed by atoms with van der Waals surface area (Å²) >= 11 is 0. The SMILES string of the molecule is CC(OCC(F)F)C(=O)Nc1ccc(C#N)cc1. The van der Waals surface area contributed by atoms with Crippen LogP contribution in [0.4, 0.5) is 14.5 Å². The smallest absolute Gasteiger partial charge is 0.261 e. The summed E-state index contributed by atoms with van der Waals surface area (Å²) in [6, 6.07) is 8.13. The van der Waals surface area contributed by atoms with Crippen LogP contribution >= 0.6 is 0 Å². The number of nitrogens with zero attached hydrogens (tertiary/aromatic N) is 1. The number of rotatable bonds is 5. The summed E-state index contributed by atoms with van der Waals surface area (Å²) in [5, 5.41) is 11.1. The number of nitrogens with one attached hydrogen (secondary N) is 1. The Morgan fingerprint density at radius 2 is 2.06 bits per heavy atom. The summed E-state index contributed by atoms with van der Waals surface area (Å²) in [4.78, 5) is 11.5. The highest BCUT2D eigenvalue weighted by Crippen LogP contribution is 2.10. The van der Waals surface area contributed by atoms with Gasteiger partial charge in [0.15, 0.2) is 0 Å². The van der Waals surface area contributed by atoms with Gasteiger partial charge in [-0.1, -0.05) is 0 Å². The first kappa shape index (κ1) is 14.1. The van der Waals surface area contributed by atoms with Gasteiger partial charge in [0.25, 0.3) is 12.3 Å². The molecule has 0 spiro atoms. The average Bonchev–Trinajstić information content (AvgIpc) is 2.36. The molecule has 0 radical (unpaired) electrons. The van der Waals surface area contributed by atoms with Crippen molar-refractivity contribution in [3.8, 4) is 6.07 Å². The molecule has 1 unspecified atom stereocenters. The second kappa shape index (κ2) is 6.67. The molecule has 0 fully saturated rings. The molecular weight excluding hydrogens is 242 g/mol. The lowest BCUT2D eigenvalue weighted by Gasteiger charge is -2.13. The molecule has 0 saturated heterocycles. The molecule has 0 aromatic heterocycles. The Balaban J connectivity index is 2.50. The van der Waals surface area contributed by atoms with Gasteiger partial charge in [-0.3, -0.25) is 4.79 Å². The van der Waals surface area contributed by atoms with Crippen molar-refractivity contribution < 1.29 is 18.3 Å². The van der Waals surface area contributed by atoms with Gasteiger partial charge in [-0.15, -0.1) is 0 Å². The highest BCUT2D eigenvalue weighted by atomic mass is 19.3. The van der Waals surface area contributed by atoms with Gasteiger partial charge >= 0.3 is 0 Å². The number of carbonyl (C=O) groups is 1. The monoisotopic (exact) mass is 254 g/mol. The quantitative estimate of drug-likeness (QED) is 0.875. The lowest BCUT2D eigenvalue weighted by atomic mass is 10.2. The van der Waals surface area contributed by atoms with Gasteiger partial charge in [-0.05, 0) is 31.2 Å². The van der Waals surface area contributed by atoms with Crippen LogP contribution in [0.15, 0.2) is 24.3 Å². The Labute approximate surface area is 103 Å². The molecule has 0 aliphatic heterocycles. The molecule has 0 aliphatic carbocycles. The zero-order valence-electron chi connectivity index (χ0n) is 9.69. The van der Waals surface area contributed by atoms with E-state index in [9.17, 15) is 13.6 Å². The third kappa shape index (κ3) is 4.47. The van der Waals surface area contributed by atoms with Crippen molar-refractivity contribution in [3.63, 3.8) is 0 Å². The molecule has 4 nitrogen and oxygen atoms in total. The summed E-state index contributed by atoms with van der Waals surface area (Å²) in [7, 11) is 0. The Hall–Kier alpha value is -2.00. The number of anilines is 1. The summed E-state index contributed by atoms with van der Waals surface area (Å²) in [6.07, 6.45) is -3.56. The van der Waals surface area contributed by atoms with Crippen LogP contribution in [-0.4, -0.2) is 25.0 Å². The van der Waals surface area contributed by atoms with Gasteiger partial charge in [-0.2, -0.15) is 5.26 Å². The first-order chi connectivity index (χ1) is 8.52. The van der Waals surface area contributed by atoms with E-state index in [1.165, 1.54) is 6.92 Å². The van der Waals surface area contributed by atoms with Crippen molar-refractivity contribution in [3.05, 3.63) is 29.8 Å². The minimum Gasteiger partial charge on any atom is -0.363 e. The second-order valence-electron chi connectivity index (χ2n) is 3.55. The van der Waals surface area contributed by atoms with Gasteiger partial charge in [0.1, 0.15) is 12.7 Å². The molecule has 6 heteroatoms. The molecule has 1 N–H and O–H groups in total. The maximum absolute atomic E-state index is 11.9. The number of amides is 1. The Kier molecular flexibility index (Phi) is 5.21. The molecule has 1 amide bonds. The lowest BCUT2D eigenvalue weighted by Crippen LogP contribution is -2.29. The van der Waals surface area contributed by atoms with Crippen LogP contribution in [0.3, 0.4) is 0 Å². The maximum Gasteiger partial charge on any atom is 0.261 e. The largest absolute Gasteiger partial charge is 0.363 e. The summed E-state index contributed by atoms with van der Waals surface area (Å²) in [5.74, 6) is -0.514. The zero-order valence-corrected chi connectivity index (χ0v) is 9.69. The van der Waals surface area contributed by atoms with E-state index < -0.39 is 25.0 Å². The Bertz CT molecular complexity index is 440. The predicted octanol–water partition coefficient (Wildman–Crippen LogP) is 2.17. The number of ether oxygens (including phenoxy) is 1. The Morgan fingerprint density at radius 3 is 2.56 bits per heavy atom. The van der Waals surface area contributed by atoms with Gasteiger partial charge < -0.3 is 10.1 Å². The third-order valence-corrected chi connectivity index (χ3v) is 2.12. The highest BCUT2D eigenvalue weighted by Gasteiger charge is 2.15. The number of hydrogen-bond donors (Lipinski definition) is 1. The van der Waals surface area contributed by atoms with Crippen LogP contribution in [-0.2, 0) is 9.53 Å². The van der Waals surface area contributed by atoms with Crippen LogP contribution in [0.1, 0.15) is 12.5 Å². The van der Waals surface area contributed by atoms with E-state index in [1.807, 2.05) is 6.07 Å². The van der Waals surface area contributed by atoms with Gasteiger partial charge in [0.2, 0.25) is 0 Å². The van der Waals surface area contributed by atoms with E-state index in [1.54, 1.807) is 24.3 Å². The zero-order chi connectivity index (χ0) is 13.5. The fourth-order valence-corrected chi connectivity index (χ4v) is 1.16. The standard InChI is InChI=1S/C12H12F2N2O2/c1-8(18-7-11(13)14)12(17)16-10-4-2-9(6-15)3-5-10/h2-5,8,11H,7H2,1H3,(H,16,17). The number of alkyl halides is 2. The lowest BCUT2D eigenvalue weighted by molar-refractivity contribution is -0.128. The van der Waals surface area contributed by atoms with Crippen molar-refractivity contribution in [1.82, 2.24) is 0 Å². The van der Waals surface area contributed by atoms with Crippen molar-refractivity contribution in [2.75, 3.05) is 11.9 Å². The second-order valence-corrected chi connectivity index (χ2v) is 3.55. The van der Waals surface area contributed by atoms with E-state index in [4.69, 9.17) is 5.26 Å².